The first-order valence-electron chi connectivity index (χ1n) is 7.85. The molecule has 0 amide bonds. The fourth-order valence-electron chi connectivity index (χ4n) is 3.05. The second-order valence-corrected chi connectivity index (χ2v) is 6.09. The summed E-state index contributed by atoms with van der Waals surface area (Å²) in [4.78, 5) is 5.81. The third-order valence-corrected chi connectivity index (χ3v) is 4.55. The van der Waals surface area contributed by atoms with E-state index < -0.39 is 0 Å². The SMILES string of the molecule is CCc1ccc2[nH+]c(N3CCC(C)CC3)c(C#N)cc2c1. The van der Waals surface area contributed by atoms with Crippen LogP contribution in [0.4, 0.5) is 5.82 Å². The molecule has 3 nitrogen and oxygen atoms in total. The first-order chi connectivity index (χ1) is 10.2. The molecule has 0 aliphatic carbocycles. The van der Waals surface area contributed by atoms with Gasteiger partial charge in [-0.3, -0.25) is 4.90 Å². The maximum atomic E-state index is 9.49. The van der Waals surface area contributed by atoms with Crippen molar-refractivity contribution in [1.29, 1.82) is 5.26 Å². The Balaban J connectivity index is 2.04. The average Bonchev–Trinajstić information content (AvgIpc) is 2.53. The Kier molecular flexibility index (Phi) is 3.79. The number of hydrogen-bond acceptors (Lipinski definition) is 2. The highest BCUT2D eigenvalue weighted by Gasteiger charge is 2.26. The lowest BCUT2D eigenvalue weighted by Gasteiger charge is -2.25. The van der Waals surface area contributed by atoms with Crippen LogP contribution in [0.1, 0.15) is 37.8 Å². The Bertz CT molecular complexity index is 691. The number of nitrogens with zero attached hydrogens (tertiary/aromatic N) is 2. The van der Waals surface area contributed by atoms with Crippen molar-refractivity contribution in [2.75, 3.05) is 18.0 Å². The normalized spacial score (nSPS) is 16.1. The predicted octanol–water partition coefficient (Wildman–Crippen LogP) is 3.32. The molecule has 1 aromatic carbocycles. The fourth-order valence-corrected chi connectivity index (χ4v) is 3.05. The van der Waals surface area contributed by atoms with Gasteiger partial charge < -0.3 is 0 Å². The van der Waals surface area contributed by atoms with E-state index in [1.54, 1.807) is 0 Å². The lowest BCUT2D eigenvalue weighted by molar-refractivity contribution is -0.331. The van der Waals surface area contributed by atoms with E-state index >= 15 is 0 Å². The number of aromatic nitrogens is 1. The Morgan fingerprint density at radius 1 is 1.29 bits per heavy atom. The molecular formula is C18H22N3+. The first kappa shape index (κ1) is 13.9. The van der Waals surface area contributed by atoms with Gasteiger partial charge in [0.05, 0.1) is 13.1 Å². The monoisotopic (exact) mass is 280 g/mol. The molecule has 1 saturated heterocycles. The van der Waals surface area contributed by atoms with Gasteiger partial charge >= 0.3 is 0 Å². The smallest absolute Gasteiger partial charge is 0.261 e. The molecule has 0 atom stereocenters. The molecule has 108 valence electrons. The number of nitrogens with one attached hydrogen (secondary N) is 1. The highest BCUT2D eigenvalue weighted by atomic mass is 15.2. The van der Waals surface area contributed by atoms with Crippen LogP contribution in [0.5, 0.6) is 0 Å². The summed E-state index contributed by atoms with van der Waals surface area (Å²) >= 11 is 0. The zero-order chi connectivity index (χ0) is 14.8. The number of nitriles is 1. The maximum absolute atomic E-state index is 9.49. The second-order valence-electron chi connectivity index (χ2n) is 6.09. The molecule has 0 spiro atoms. The maximum Gasteiger partial charge on any atom is 0.293 e. The van der Waals surface area contributed by atoms with Gasteiger partial charge in [-0.25, -0.2) is 4.98 Å². The molecule has 3 heteroatoms. The lowest BCUT2D eigenvalue weighted by atomic mass is 9.98. The van der Waals surface area contributed by atoms with Gasteiger partial charge in [-0.05, 0) is 48.9 Å². The Labute approximate surface area is 126 Å². The number of anilines is 1. The van der Waals surface area contributed by atoms with Crippen LogP contribution in [0.25, 0.3) is 10.9 Å². The van der Waals surface area contributed by atoms with E-state index in [4.69, 9.17) is 0 Å². The minimum atomic E-state index is 0.755. The first-order valence-corrected chi connectivity index (χ1v) is 7.85. The minimum absolute atomic E-state index is 0.755. The number of aryl methyl sites for hydroxylation is 1. The van der Waals surface area contributed by atoms with Crippen LogP contribution in [-0.2, 0) is 6.42 Å². The van der Waals surface area contributed by atoms with Gasteiger partial charge in [0, 0.05) is 5.39 Å². The van der Waals surface area contributed by atoms with Crippen LogP contribution in [0.2, 0.25) is 0 Å². The standard InChI is InChI=1S/C18H21N3/c1-3-14-4-5-17-15(10-14)11-16(12-19)18(20-17)21-8-6-13(2)7-9-21/h4-5,10-11,13H,3,6-9H2,1-2H3/p+1. The van der Waals surface area contributed by atoms with Gasteiger partial charge in [-0.1, -0.05) is 19.9 Å². The Morgan fingerprint density at radius 2 is 2.05 bits per heavy atom. The molecule has 2 aromatic rings. The molecule has 1 aliphatic heterocycles. The topological polar surface area (TPSA) is 41.2 Å². The Morgan fingerprint density at radius 3 is 2.71 bits per heavy atom. The lowest BCUT2D eigenvalue weighted by Crippen LogP contribution is -2.37. The number of benzene rings is 1. The van der Waals surface area contributed by atoms with E-state index in [0.717, 1.165) is 47.7 Å². The van der Waals surface area contributed by atoms with E-state index in [0.29, 0.717) is 0 Å². The van der Waals surface area contributed by atoms with Crippen molar-refractivity contribution in [2.45, 2.75) is 33.1 Å². The van der Waals surface area contributed by atoms with E-state index in [1.807, 2.05) is 6.07 Å². The van der Waals surface area contributed by atoms with Crippen LogP contribution in [0, 0.1) is 17.2 Å². The predicted molar refractivity (Wildman–Crippen MR) is 85.2 cm³/mol. The van der Waals surface area contributed by atoms with E-state index in [9.17, 15) is 5.26 Å². The molecule has 2 heterocycles. The van der Waals surface area contributed by atoms with Gasteiger partial charge in [0.15, 0.2) is 0 Å². The van der Waals surface area contributed by atoms with Crippen molar-refractivity contribution in [3.05, 3.63) is 35.4 Å². The van der Waals surface area contributed by atoms with Crippen LogP contribution in [0.3, 0.4) is 0 Å². The highest BCUT2D eigenvalue weighted by Crippen LogP contribution is 2.25. The number of pyridine rings is 1. The van der Waals surface area contributed by atoms with Gasteiger partial charge in [0.1, 0.15) is 17.1 Å². The highest BCUT2D eigenvalue weighted by molar-refractivity contribution is 5.79. The fraction of sp³-hybridized carbons (Fsp3) is 0.444. The number of piperidine rings is 1. The number of fused-ring (bicyclic) bond motifs is 1. The quantitative estimate of drug-likeness (QED) is 0.846. The largest absolute Gasteiger partial charge is 0.293 e. The van der Waals surface area contributed by atoms with Gasteiger partial charge in [-0.2, -0.15) is 5.26 Å². The number of H-pyrrole nitrogens is 1. The molecule has 0 unspecified atom stereocenters. The zero-order valence-electron chi connectivity index (χ0n) is 12.8. The van der Waals surface area contributed by atoms with Gasteiger partial charge in [0.25, 0.3) is 5.82 Å². The summed E-state index contributed by atoms with van der Waals surface area (Å²) < 4.78 is 0. The zero-order valence-corrected chi connectivity index (χ0v) is 12.8. The number of hydrogen-bond donors (Lipinski definition) is 0. The molecule has 3 rings (SSSR count). The average molecular weight is 280 g/mol. The molecular weight excluding hydrogens is 258 g/mol. The number of aromatic amines is 1. The summed E-state index contributed by atoms with van der Waals surface area (Å²) in [5.74, 6) is 1.78. The summed E-state index contributed by atoms with van der Waals surface area (Å²) in [5, 5.41) is 10.6. The molecule has 0 bridgehead atoms. The van der Waals surface area contributed by atoms with Gasteiger partial charge in [-0.15, -0.1) is 0 Å². The van der Waals surface area contributed by atoms with Crippen molar-refractivity contribution in [1.82, 2.24) is 0 Å². The van der Waals surface area contributed by atoms with Crippen molar-refractivity contribution in [3.63, 3.8) is 0 Å². The molecule has 21 heavy (non-hydrogen) atoms. The molecule has 1 aromatic heterocycles. The second kappa shape index (κ2) is 5.73. The third kappa shape index (κ3) is 2.71. The molecule has 1 N–H and O–H groups in total. The summed E-state index contributed by atoms with van der Waals surface area (Å²) in [6.45, 7) is 6.52. The molecule has 0 radical (unpaired) electrons. The van der Waals surface area contributed by atoms with E-state index in [1.165, 1.54) is 18.4 Å². The summed E-state index contributed by atoms with van der Waals surface area (Å²) in [6, 6.07) is 10.9. The molecule has 0 saturated carbocycles. The number of rotatable bonds is 2. The van der Waals surface area contributed by atoms with Crippen molar-refractivity contribution >= 4 is 16.7 Å². The van der Waals surface area contributed by atoms with E-state index in [-0.39, 0.29) is 0 Å². The Hall–Kier alpha value is -2.08. The molecule has 1 aliphatic rings. The third-order valence-electron chi connectivity index (χ3n) is 4.55. The van der Waals surface area contributed by atoms with Crippen LogP contribution in [-0.4, -0.2) is 13.1 Å². The van der Waals surface area contributed by atoms with Crippen molar-refractivity contribution in [3.8, 4) is 6.07 Å². The van der Waals surface area contributed by atoms with Crippen LogP contribution >= 0.6 is 0 Å². The van der Waals surface area contributed by atoms with Crippen molar-refractivity contribution in [2.24, 2.45) is 5.92 Å². The summed E-state index contributed by atoms with van der Waals surface area (Å²) in [7, 11) is 0. The molecule has 1 fully saturated rings. The van der Waals surface area contributed by atoms with Crippen LogP contribution in [0.15, 0.2) is 24.3 Å². The van der Waals surface area contributed by atoms with E-state index in [2.05, 4.69) is 48.0 Å². The van der Waals surface area contributed by atoms with Crippen LogP contribution < -0.4 is 9.88 Å². The summed E-state index contributed by atoms with van der Waals surface area (Å²) in [5.41, 5.74) is 3.17. The van der Waals surface area contributed by atoms with Gasteiger partial charge in [0.2, 0.25) is 0 Å². The van der Waals surface area contributed by atoms with Crippen molar-refractivity contribution < 1.29 is 4.98 Å². The minimum Gasteiger partial charge on any atom is -0.261 e. The summed E-state index contributed by atoms with van der Waals surface area (Å²) in [6.07, 6.45) is 3.42.